The molecule has 2 aliphatic carbocycles. The summed E-state index contributed by atoms with van der Waals surface area (Å²) in [6, 6.07) is 15.7. The quantitative estimate of drug-likeness (QED) is 0.477. The van der Waals surface area contributed by atoms with Crippen LogP contribution in [0.1, 0.15) is 36.1 Å². The van der Waals surface area contributed by atoms with Gasteiger partial charge in [-0.25, -0.2) is 0 Å². The molecular formula is C27H31BrN2O. The van der Waals surface area contributed by atoms with Crippen molar-refractivity contribution in [3.63, 3.8) is 0 Å². The van der Waals surface area contributed by atoms with Crippen LogP contribution in [0.3, 0.4) is 0 Å². The van der Waals surface area contributed by atoms with Crippen LogP contribution in [0.4, 0.5) is 0 Å². The molecule has 3 aliphatic rings. The first-order chi connectivity index (χ1) is 15.1. The van der Waals surface area contributed by atoms with Gasteiger partial charge in [0.1, 0.15) is 5.75 Å². The van der Waals surface area contributed by atoms with E-state index in [1.54, 1.807) is 12.7 Å². The van der Waals surface area contributed by atoms with Crippen LogP contribution >= 0.6 is 15.9 Å². The molecular weight excluding hydrogens is 448 g/mol. The van der Waals surface area contributed by atoms with Gasteiger partial charge in [-0.1, -0.05) is 34.1 Å². The first kappa shape index (κ1) is 19.9. The summed E-state index contributed by atoms with van der Waals surface area (Å²) in [4.78, 5) is 2.77. The molecule has 0 bridgehead atoms. The van der Waals surface area contributed by atoms with Crippen LogP contribution in [-0.2, 0) is 25.3 Å². The summed E-state index contributed by atoms with van der Waals surface area (Å²) < 4.78 is 9.26. The van der Waals surface area contributed by atoms with Gasteiger partial charge < -0.3 is 14.2 Å². The van der Waals surface area contributed by atoms with Crippen LogP contribution in [0.25, 0.3) is 10.9 Å². The molecule has 3 nitrogen and oxygen atoms in total. The molecule has 1 aromatic heterocycles. The molecule has 0 amide bonds. The molecule has 2 unspecified atom stereocenters. The summed E-state index contributed by atoms with van der Waals surface area (Å²) in [5.74, 6) is 2.59. The lowest BCUT2D eigenvalue weighted by molar-refractivity contribution is 0.0776. The van der Waals surface area contributed by atoms with Crippen molar-refractivity contribution < 1.29 is 4.74 Å². The van der Waals surface area contributed by atoms with E-state index in [0.717, 1.165) is 22.6 Å². The SMILES string of the molecule is COc1cccc(C23CCN(CC4CC4)CC2Cc2c(n(C)c4cc(Br)ccc24)C3)c1. The lowest BCUT2D eigenvalue weighted by Gasteiger charge is -2.51. The number of benzene rings is 2. The Morgan fingerprint density at radius 3 is 2.84 bits per heavy atom. The number of aromatic nitrogens is 1. The van der Waals surface area contributed by atoms with Crippen molar-refractivity contribution in [1.82, 2.24) is 9.47 Å². The van der Waals surface area contributed by atoms with Crippen LogP contribution in [0, 0.1) is 11.8 Å². The molecule has 2 heterocycles. The minimum Gasteiger partial charge on any atom is -0.497 e. The summed E-state index contributed by atoms with van der Waals surface area (Å²) in [5, 5.41) is 1.44. The normalized spacial score (nSPS) is 26.0. The van der Waals surface area contributed by atoms with Crippen molar-refractivity contribution in [2.24, 2.45) is 18.9 Å². The maximum absolute atomic E-state index is 5.64. The number of fused-ring (bicyclic) bond motifs is 4. The second-order valence-corrected chi connectivity index (χ2v) is 11.0. The van der Waals surface area contributed by atoms with Crippen molar-refractivity contribution in [2.75, 3.05) is 26.7 Å². The van der Waals surface area contributed by atoms with E-state index < -0.39 is 0 Å². The topological polar surface area (TPSA) is 17.4 Å². The smallest absolute Gasteiger partial charge is 0.119 e. The number of piperidine rings is 1. The fourth-order valence-corrected chi connectivity index (χ4v) is 6.77. The highest BCUT2D eigenvalue weighted by Gasteiger charge is 2.49. The second kappa shape index (κ2) is 7.38. The van der Waals surface area contributed by atoms with Gasteiger partial charge in [0.25, 0.3) is 0 Å². The average molecular weight is 479 g/mol. The molecule has 6 rings (SSSR count). The number of nitrogens with zero attached hydrogens (tertiary/aromatic N) is 2. The molecule has 2 aromatic carbocycles. The zero-order valence-electron chi connectivity index (χ0n) is 18.5. The van der Waals surface area contributed by atoms with Gasteiger partial charge in [-0.05, 0) is 85.9 Å². The van der Waals surface area contributed by atoms with E-state index >= 15 is 0 Å². The van der Waals surface area contributed by atoms with Crippen LogP contribution in [0.15, 0.2) is 46.9 Å². The molecule has 0 N–H and O–H groups in total. The highest BCUT2D eigenvalue weighted by molar-refractivity contribution is 9.10. The van der Waals surface area contributed by atoms with Crippen molar-refractivity contribution in [3.8, 4) is 5.75 Å². The van der Waals surface area contributed by atoms with E-state index in [0.29, 0.717) is 5.92 Å². The van der Waals surface area contributed by atoms with E-state index in [1.807, 2.05) is 0 Å². The van der Waals surface area contributed by atoms with Gasteiger partial charge in [-0.15, -0.1) is 0 Å². The predicted octanol–water partition coefficient (Wildman–Crippen LogP) is 5.72. The molecule has 1 saturated carbocycles. The van der Waals surface area contributed by atoms with E-state index in [-0.39, 0.29) is 5.41 Å². The Balaban J connectivity index is 1.47. The number of hydrogen-bond donors (Lipinski definition) is 0. The van der Waals surface area contributed by atoms with Crippen molar-refractivity contribution >= 4 is 26.8 Å². The van der Waals surface area contributed by atoms with Crippen molar-refractivity contribution in [1.29, 1.82) is 0 Å². The van der Waals surface area contributed by atoms with Gasteiger partial charge in [0.05, 0.1) is 7.11 Å². The molecule has 31 heavy (non-hydrogen) atoms. The monoisotopic (exact) mass is 478 g/mol. The summed E-state index contributed by atoms with van der Waals surface area (Å²) in [6.07, 6.45) is 6.41. The minimum atomic E-state index is 0.195. The van der Waals surface area contributed by atoms with E-state index in [1.165, 1.54) is 67.5 Å². The lowest BCUT2D eigenvalue weighted by atomic mass is 9.58. The van der Waals surface area contributed by atoms with Gasteiger partial charge in [0.15, 0.2) is 0 Å². The molecule has 1 saturated heterocycles. The van der Waals surface area contributed by atoms with Crippen LogP contribution in [0.5, 0.6) is 5.75 Å². The first-order valence-electron chi connectivity index (χ1n) is 11.7. The largest absolute Gasteiger partial charge is 0.497 e. The number of halogens is 1. The Kier molecular flexibility index (Phi) is 4.73. The fourth-order valence-electron chi connectivity index (χ4n) is 6.42. The van der Waals surface area contributed by atoms with Crippen molar-refractivity contribution in [2.45, 2.75) is 37.5 Å². The van der Waals surface area contributed by atoms with Crippen LogP contribution < -0.4 is 4.74 Å². The third-order valence-electron chi connectivity index (χ3n) is 8.33. The standard InChI is InChI=1S/C27H31BrN2O/c1-29-25-14-21(28)8-9-23(25)24-13-20-17-30(16-18-6-7-18)11-10-27(20,15-26(24)29)19-4-3-5-22(12-19)31-2/h3-5,8-9,12,14,18,20H,6-7,10-11,13,15-17H2,1-2H3. The Morgan fingerprint density at radius 1 is 1.16 bits per heavy atom. The Morgan fingerprint density at radius 2 is 2.03 bits per heavy atom. The molecule has 162 valence electrons. The second-order valence-electron chi connectivity index (χ2n) is 10.1. The lowest BCUT2D eigenvalue weighted by Crippen LogP contribution is -2.54. The summed E-state index contributed by atoms with van der Waals surface area (Å²) >= 11 is 3.69. The maximum Gasteiger partial charge on any atom is 0.119 e. The van der Waals surface area contributed by atoms with E-state index in [2.05, 4.69) is 74.9 Å². The maximum atomic E-state index is 5.64. The van der Waals surface area contributed by atoms with Crippen LogP contribution in [-0.4, -0.2) is 36.2 Å². The van der Waals surface area contributed by atoms with Gasteiger partial charge in [-0.3, -0.25) is 0 Å². The molecule has 1 aliphatic heterocycles. The number of methoxy groups -OCH3 is 1. The summed E-state index contributed by atoms with van der Waals surface area (Å²) in [7, 11) is 4.04. The number of likely N-dealkylation sites (tertiary alicyclic amines) is 1. The van der Waals surface area contributed by atoms with E-state index in [9.17, 15) is 0 Å². The minimum absolute atomic E-state index is 0.195. The number of rotatable bonds is 4. The molecule has 3 aromatic rings. The van der Waals surface area contributed by atoms with Gasteiger partial charge in [0.2, 0.25) is 0 Å². The zero-order valence-corrected chi connectivity index (χ0v) is 20.1. The highest BCUT2D eigenvalue weighted by Crippen LogP contribution is 2.50. The fraction of sp³-hybridized carbons (Fsp3) is 0.481. The first-order valence-corrected chi connectivity index (χ1v) is 12.5. The summed E-state index contributed by atoms with van der Waals surface area (Å²) in [6.45, 7) is 3.75. The van der Waals surface area contributed by atoms with Crippen LogP contribution in [0.2, 0.25) is 0 Å². The Labute approximate surface area is 193 Å². The number of hydrogen-bond acceptors (Lipinski definition) is 2. The number of aryl methyl sites for hydroxylation is 1. The summed E-state index contributed by atoms with van der Waals surface area (Å²) in [5.41, 5.74) is 6.14. The predicted molar refractivity (Wildman–Crippen MR) is 130 cm³/mol. The van der Waals surface area contributed by atoms with Gasteiger partial charge in [-0.2, -0.15) is 0 Å². The molecule has 0 radical (unpaired) electrons. The Hall–Kier alpha value is -1.78. The van der Waals surface area contributed by atoms with Gasteiger partial charge in [0, 0.05) is 46.6 Å². The Bertz CT molecular complexity index is 1150. The van der Waals surface area contributed by atoms with E-state index in [4.69, 9.17) is 4.74 Å². The number of ether oxygens (including phenoxy) is 1. The molecule has 2 atom stereocenters. The van der Waals surface area contributed by atoms with Gasteiger partial charge >= 0.3 is 0 Å². The highest BCUT2D eigenvalue weighted by atomic mass is 79.9. The molecule has 0 spiro atoms. The zero-order chi connectivity index (χ0) is 21.2. The third kappa shape index (κ3) is 3.25. The molecule has 4 heteroatoms. The third-order valence-corrected chi connectivity index (χ3v) is 8.82. The average Bonchev–Trinajstić information content (AvgIpc) is 3.57. The van der Waals surface area contributed by atoms with Crippen molar-refractivity contribution in [3.05, 3.63) is 63.8 Å². The molecule has 2 fully saturated rings.